The third-order valence-corrected chi connectivity index (χ3v) is 5.71. The van der Waals surface area contributed by atoms with Crippen LogP contribution >= 0.6 is 11.6 Å². The molecule has 3 rings (SSSR count). The van der Waals surface area contributed by atoms with Crippen LogP contribution in [0.4, 0.5) is 5.82 Å². The molecule has 28 heavy (non-hydrogen) atoms. The van der Waals surface area contributed by atoms with E-state index >= 15 is 0 Å². The highest BCUT2D eigenvalue weighted by Crippen LogP contribution is 2.25. The van der Waals surface area contributed by atoms with Gasteiger partial charge in [-0.15, -0.1) is 0 Å². The van der Waals surface area contributed by atoms with Gasteiger partial charge < -0.3 is 25.3 Å². The Morgan fingerprint density at radius 1 is 1.29 bits per heavy atom. The number of pyridine rings is 1. The number of likely N-dealkylation sites (N-methyl/N-ethyl adjacent to an activating group) is 1. The van der Waals surface area contributed by atoms with Crippen molar-refractivity contribution in [3.05, 3.63) is 23.4 Å². The van der Waals surface area contributed by atoms with Crippen LogP contribution in [0.5, 0.6) is 0 Å². The summed E-state index contributed by atoms with van der Waals surface area (Å²) < 4.78 is 0. The molecule has 1 atom stereocenters. The first-order valence-electron chi connectivity index (χ1n) is 10.5. The third kappa shape index (κ3) is 6.22. The lowest BCUT2D eigenvalue weighted by Gasteiger charge is -2.21. The minimum absolute atomic E-state index is 0.350. The minimum atomic E-state index is 0.350. The van der Waals surface area contributed by atoms with E-state index < -0.39 is 0 Å². The van der Waals surface area contributed by atoms with Crippen molar-refractivity contribution in [3.8, 4) is 0 Å². The summed E-state index contributed by atoms with van der Waals surface area (Å²) in [6.45, 7) is 11.3. The number of aromatic nitrogens is 1. The molecule has 2 saturated heterocycles. The van der Waals surface area contributed by atoms with E-state index in [1.807, 2.05) is 12.1 Å². The molecular weight excluding hydrogens is 374 g/mol. The van der Waals surface area contributed by atoms with Crippen LogP contribution in [0.15, 0.2) is 23.3 Å². The molecule has 2 fully saturated rings. The van der Waals surface area contributed by atoms with Crippen molar-refractivity contribution in [1.82, 2.24) is 25.4 Å². The first-order chi connectivity index (χ1) is 13.7. The molecule has 2 aliphatic heterocycles. The molecule has 2 aliphatic rings. The van der Waals surface area contributed by atoms with Crippen molar-refractivity contribution < 1.29 is 0 Å². The highest BCUT2D eigenvalue weighted by molar-refractivity contribution is 6.32. The Bertz CT molecular complexity index is 639. The van der Waals surface area contributed by atoms with Gasteiger partial charge >= 0.3 is 0 Å². The van der Waals surface area contributed by atoms with Crippen molar-refractivity contribution in [2.24, 2.45) is 4.99 Å². The van der Waals surface area contributed by atoms with Gasteiger partial charge in [0.25, 0.3) is 0 Å². The van der Waals surface area contributed by atoms with Gasteiger partial charge in [0.1, 0.15) is 5.82 Å². The minimum Gasteiger partial charge on any atom is -0.357 e. The number of hydrogen-bond donors (Lipinski definition) is 2. The predicted octanol–water partition coefficient (Wildman–Crippen LogP) is 1.51. The van der Waals surface area contributed by atoms with Gasteiger partial charge in [0.05, 0.1) is 11.6 Å². The lowest BCUT2D eigenvalue weighted by atomic mass is 10.3. The molecule has 8 heteroatoms. The Morgan fingerprint density at radius 2 is 2.18 bits per heavy atom. The summed E-state index contributed by atoms with van der Waals surface area (Å²) in [6, 6.07) is 4.12. The Kier molecular flexibility index (Phi) is 8.18. The SMILES string of the molecule is CCNC(=NCCN1CCCN(C)CC1)NC1CCN(c2ncccc2Cl)C1. The highest BCUT2D eigenvalue weighted by atomic mass is 35.5. The second-order valence-corrected chi connectivity index (χ2v) is 8.05. The molecule has 0 bridgehead atoms. The van der Waals surface area contributed by atoms with E-state index in [1.54, 1.807) is 6.20 Å². The molecule has 1 unspecified atom stereocenters. The molecule has 1 aromatic rings. The standard InChI is InChI=1S/C20H34ClN7/c1-3-22-20(24-9-13-27-11-5-10-26(2)14-15-27)25-17-7-12-28(16-17)19-18(21)6-4-8-23-19/h4,6,8,17H,3,5,7,9-16H2,1-2H3,(H2,22,24,25). The summed E-state index contributed by atoms with van der Waals surface area (Å²) >= 11 is 6.30. The number of hydrogen-bond acceptors (Lipinski definition) is 5. The summed E-state index contributed by atoms with van der Waals surface area (Å²) in [5.74, 6) is 1.79. The van der Waals surface area contributed by atoms with Crippen LogP contribution in [0.1, 0.15) is 19.8 Å². The molecule has 0 spiro atoms. The van der Waals surface area contributed by atoms with Crippen LogP contribution in [-0.4, -0.2) is 92.7 Å². The van der Waals surface area contributed by atoms with E-state index in [1.165, 1.54) is 19.5 Å². The van der Waals surface area contributed by atoms with Gasteiger partial charge in [-0.2, -0.15) is 0 Å². The van der Waals surface area contributed by atoms with Gasteiger partial charge in [0.2, 0.25) is 0 Å². The first kappa shape index (κ1) is 21.1. The zero-order valence-electron chi connectivity index (χ0n) is 17.2. The van der Waals surface area contributed by atoms with Crippen molar-refractivity contribution >= 4 is 23.4 Å². The average Bonchev–Trinajstić information content (AvgIpc) is 3.04. The molecule has 1 aromatic heterocycles. The molecule has 0 aliphatic carbocycles. The smallest absolute Gasteiger partial charge is 0.191 e. The maximum atomic E-state index is 6.30. The van der Waals surface area contributed by atoms with Crippen molar-refractivity contribution in [2.75, 3.05) is 70.9 Å². The summed E-state index contributed by atoms with van der Waals surface area (Å²) in [7, 11) is 2.21. The van der Waals surface area contributed by atoms with Crippen molar-refractivity contribution in [1.29, 1.82) is 0 Å². The number of nitrogens with zero attached hydrogens (tertiary/aromatic N) is 5. The van der Waals surface area contributed by atoms with Crippen molar-refractivity contribution in [2.45, 2.75) is 25.8 Å². The Labute approximate surface area is 174 Å². The molecule has 0 aromatic carbocycles. The van der Waals surface area contributed by atoms with Gasteiger partial charge in [-0.05, 0) is 52.0 Å². The van der Waals surface area contributed by atoms with Gasteiger partial charge in [-0.3, -0.25) is 4.99 Å². The maximum absolute atomic E-state index is 6.30. The Hall–Kier alpha value is -1.57. The fourth-order valence-corrected chi connectivity index (χ4v) is 4.06. The maximum Gasteiger partial charge on any atom is 0.191 e. The Morgan fingerprint density at radius 3 is 3.00 bits per heavy atom. The predicted molar refractivity (Wildman–Crippen MR) is 118 cm³/mol. The number of aliphatic imine (C=N–C) groups is 1. The van der Waals surface area contributed by atoms with Gasteiger partial charge in [-0.1, -0.05) is 11.6 Å². The van der Waals surface area contributed by atoms with E-state index in [9.17, 15) is 0 Å². The normalized spacial score (nSPS) is 22.3. The molecule has 0 radical (unpaired) electrons. The summed E-state index contributed by atoms with van der Waals surface area (Å²) in [5, 5.41) is 7.69. The number of nitrogens with one attached hydrogen (secondary N) is 2. The van der Waals surface area contributed by atoms with Gasteiger partial charge in [0.15, 0.2) is 5.96 Å². The lowest BCUT2D eigenvalue weighted by molar-refractivity contribution is 0.283. The largest absolute Gasteiger partial charge is 0.357 e. The zero-order valence-corrected chi connectivity index (χ0v) is 18.0. The third-order valence-electron chi connectivity index (χ3n) is 5.41. The summed E-state index contributed by atoms with van der Waals surface area (Å²) in [5.41, 5.74) is 0. The number of rotatable bonds is 6. The molecule has 3 heterocycles. The van der Waals surface area contributed by atoms with Crippen LogP contribution in [0.2, 0.25) is 5.02 Å². The van der Waals surface area contributed by atoms with E-state index in [-0.39, 0.29) is 0 Å². The fraction of sp³-hybridized carbons (Fsp3) is 0.700. The second-order valence-electron chi connectivity index (χ2n) is 7.64. The molecule has 2 N–H and O–H groups in total. The number of halogens is 1. The lowest BCUT2D eigenvalue weighted by Crippen LogP contribution is -2.45. The monoisotopic (exact) mass is 407 g/mol. The Balaban J connectivity index is 1.49. The van der Waals surface area contributed by atoms with Crippen LogP contribution in [-0.2, 0) is 0 Å². The van der Waals surface area contributed by atoms with Crippen LogP contribution in [0.3, 0.4) is 0 Å². The van der Waals surface area contributed by atoms with Gasteiger partial charge in [-0.25, -0.2) is 4.98 Å². The van der Waals surface area contributed by atoms with E-state index in [4.69, 9.17) is 16.6 Å². The van der Waals surface area contributed by atoms with Crippen molar-refractivity contribution in [3.63, 3.8) is 0 Å². The van der Waals surface area contributed by atoms with E-state index in [2.05, 4.69) is 44.3 Å². The molecule has 7 nitrogen and oxygen atoms in total. The van der Waals surface area contributed by atoms with Crippen LogP contribution in [0, 0.1) is 0 Å². The number of anilines is 1. The van der Waals surface area contributed by atoms with Crippen LogP contribution in [0.25, 0.3) is 0 Å². The van der Waals surface area contributed by atoms with Gasteiger partial charge in [0, 0.05) is 51.5 Å². The first-order valence-corrected chi connectivity index (χ1v) is 10.8. The molecule has 0 amide bonds. The quantitative estimate of drug-likeness (QED) is 0.550. The van der Waals surface area contributed by atoms with E-state index in [0.717, 1.165) is 64.0 Å². The summed E-state index contributed by atoms with van der Waals surface area (Å²) in [4.78, 5) is 16.4. The zero-order chi connectivity index (χ0) is 19.8. The average molecular weight is 408 g/mol. The molecular formula is C20H34ClN7. The summed E-state index contributed by atoms with van der Waals surface area (Å²) in [6.07, 6.45) is 4.09. The highest BCUT2D eigenvalue weighted by Gasteiger charge is 2.25. The number of guanidine groups is 1. The van der Waals surface area contributed by atoms with Crippen LogP contribution < -0.4 is 15.5 Å². The topological polar surface area (TPSA) is 59.0 Å². The molecule has 0 saturated carbocycles. The fourth-order valence-electron chi connectivity index (χ4n) is 3.82. The van der Waals surface area contributed by atoms with E-state index in [0.29, 0.717) is 11.1 Å². The molecule has 156 valence electrons. The second kappa shape index (κ2) is 10.8.